The number of hydrogen-bond acceptors (Lipinski definition) is 7. The Balaban J connectivity index is 1.29. The molecule has 2 aromatic rings. The zero-order valence-corrected chi connectivity index (χ0v) is 19.8. The maximum atomic E-state index is 13.3. The second kappa shape index (κ2) is 8.90. The van der Waals surface area contributed by atoms with Crippen molar-refractivity contribution in [2.75, 3.05) is 54.4 Å². The molecule has 10 heteroatoms. The predicted octanol–water partition coefficient (Wildman–Crippen LogP) is 2.17. The number of sulfonamides is 1. The molecule has 3 aliphatic heterocycles. The van der Waals surface area contributed by atoms with Gasteiger partial charge in [0.2, 0.25) is 21.9 Å². The van der Waals surface area contributed by atoms with Gasteiger partial charge in [-0.3, -0.25) is 4.79 Å². The van der Waals surface area contributed by atoms with Crippen molar-refractivity contribution in [1.82, 2.24) is 14.3 Å². The number of carbonyl (C=O) groups excluding carboxylic acids is 1. The minimum atomic E-state index is -3.60. The molecule has 33 heavy (non-hydrogen) atoms. The normalized spacial score (nSPS) is 19.8. The molecule has 0 unspecified atom stereocenters. The maximum Gasteiger partial charge on any atom is 0.243 e. The van der Waals surface area contributed by atoms with Gasteiger partial charge in [0.05, 0.1) is 4.90 Å². The fourth-order valence-corrected chi connectivity index (χ4v) is 6.23. The molecule has 3 aliphatic rings. The van der Waals surface area contributed by atoms with Crippen molar-refractivity contribution in [3.8, 4) is 0 Å². The number of aryl methyl sites for hydroxylation is 2. The summed E-state index contributed by atoms with van der Waals surface area (Å²) in [5.41, 5.74) is 2.51. The molecule has 0 radical (unpaired) electrons. The van der Waals surface area contributed by atoms with E-state index < -0.39 is 10.0 Å². The third-order valence-corrected chi connectivity index (χ3v) is 8.54. The lowest BCUT2D eigenvalue weighted by atomic mass is 10.0. The van der Waals surface area contributed by atoms with E-state index in [1.165, 1.54) is 6.42 Å². The highest BCUT2D eigenvalue weighted by Gasteiger charge is 2.30. The molecular weight excluding hydrogens is 440 g/mol. The average Bonchev–Trinajstić information content (AvgIpc) is 2.84. The van der Waals surface area contributed by atoms with Crippen LogP contribution in [0.2, 0.25) is 0 Å². The van der Waals surface area contributed by atoms with Crippen LogP contribution in [0.4, 0.5) is 17.5 Å². The molecule has 0 bridgehead atoms. The van der Waals surface area contributed by atoms with E-state index in [2.05, 4.69) is 20.1 Å². The van der Waals surface area contributed by atoms with Crippen molar-refractivity contribution in [3.05, 3.63) is 35.5 Å². The molecule has 1 amide bonds. The number of nitrogens with one attached hydrogen (secondary N) is 1. The first-order valence-electron chi connectivity index (χ1n) is 11.7. The Hall–Kier alpha value is -2.72. The Morgan fingerprint density at radius 2 is 1.64 bits per heavy atom. The Kier molecular flexibility index (Phi) is 5.96. The summed E-state index contributed by atoms with van der Waals surface area (Å²) >= 11 is 0. The van der Waals surface area contributed by atoms with Gasteiger partial charge in [-0.25, -0.2) is 13.4 Å². The number of fused-ring (bicyclic) bond motifs is 1. The fourth-order valence-electron chi connectivity index (χ4n) is 4.76. The number of piperidine rings is 1. The van der Waals surface area contributed by atoms with E-state index in [1.807, 2.05) is 13.0 Å². The van der Waals surface area contributed by atoms with Gasteiger partial charge in [0, 0.05) is 63.1 Å². The number of carbonyl (C=O) groups is 1. The predicted molar refractivity (Wildman–Crippen MR) is 127 cm³/mol. The van der Waals surface area contributed by atoms with Crippen LogP contribution >= 0.6 is 0 Å². The molecule has 0 aliphatic carbocycles. The first kappa shape index (κ1) is 22.1. The summed E-state index contributed by atoms with van der Waals surface area (Å²) in [5, 5.41) is 2.81. The Morgan fingerprint density at radius 1 is 0.879 bits per heavy atom. The lowest BCUT2D eigenvalue weighted by Crippen LogP contribution is -2.49. The fraction of sp³-hybridized carbons (Fsp3) is 0.522. The Labute approximate surface area is 194 Å². The van der Waals surface area contributed by atoms with E-state index in [1.54, 1.807) is 22.5 Å². The van der Waals surface area contributed by atoms with Crippen molar-refractivity contribution in [2.45, 2.75) is 43.9 Å². The first-order chi connectivity index (χ1) is 15.9. The van der Waals surface area contributed by atoms with Gasteiger partial charge >= 0.3 is 0 Å². The molecule has 9 nitrogen and oxygen atoms in total. The molecule has 1 N–H and O–H groups in total. The smallest absolute Gasteiger partial charge is 0.243 e. The Morgan fingerprint density at radius 3 is 2.39 bits per heavy atom. The van der Waals surface area contributed by atoms with Crippen molar-refractivity contribution in [1.29, 1.82) is 0 Å². The minimum absolute atomic E-state index is 0.0300. The third kappa shape index (κ3) is 4.54. The summed E-state index contributed by atoms with van der Waals surface area (Å²) < 4.78 is 28.1. The van der Waals surface area contributed by atoms with E-state index in [0.717, 1.165) is 49.0 Å². The van der Waals surface area contributed by atoms with E-state index in [9.17, 15) is 13.2 Å². The largest absolute Gasteiger partial charge is 0.354 e. The van der Waals surface area contributed by atoms with Gasteiger partial charge < -0.3 is 15.1 Å². The number of piperazine rings is 1. The summed E-state index contributed by atoms with van der Waals surface area (Å²) in [4.78, 5) is 25.7. The summed E-state index contributed by atoms with van der Waals surface area (Å²) in [5.74, 6) is 1.61. The highest BCUT2D eigenvalue weighted by atomic mass is 32.2. The topological polar surface area (TPSA) is 98.7 Å². The number of anilines is 3. The third-order valence-electron chi connectivity index (χ3n) is 6.64. The number of rotatable bonds is 4. The number of hydrogen-bond donors (Lipinski definition) is 1. The molecule has 5 rings (SSSR count). The summed E-state index contributed by atoms with van der Waals surface area (Å²) in [7, 11) is -3.60. The minimum Gasteiger partial charge on any atom is -0.354 e. The lowest BCUT2D eigenvalue weighted by molar-refractivity contribution is -0.116. The van der Waals surface area contributed by atoms with Crippen LogP contribution < -0.4 is 15.1 Å². The van der Waals surface area contributed by atoms with Crippen molar-refractivity contribution >= 4 is 33.4 Å². The molecular formula is C23H30N6O3S. The van der Waals surface area contributed by atoms with Crippen molar-refractivity contribution < 1.29 is 13.2 Å². The van der Waals surface area contributed by atoms with Gasteiger partial charge in [-0.2, -0.15) is 9.29 Å². The van der Waals surface area contributed by atoms with Crippen molar-refractivity contribution in [3.63, 3.8) is 0 Å². The van der Waals surface area contributed by atoms with Crippen LogP contribution in [0.1, 0.15) is 36.9 Å². The quantitative estimate of drug-likeness (QED) is 0.731. The van der Waals surface area contributed by atoms with Gasteiger partial charge in [-0.1, -0.05) is 0 Å². The molecule has 176 valence electrons. The standard InChI is InChI=1S/C23H30N6O3S/c1-17-15-21(26-23(24-17)28-9-3-2-4-10-28)27-11-13-29(14-12-27)33(31,32)19-6-7-20-18(16-19)5-8-22(30)25-20/h6-7,15-16H,2-5,8-14H2,1H3,(H,25,30). The van der Waals surface area contributed by atoms with E-state index >= 15 is 0 Å². The van der Waals surface area contributed by atoms with Crippen LogP contribution in [-0.4, -0.2) is 67.9 Å². The Bertz CT molecular complexity index is 1150. The summed E-state index contributed by atoms with van der Waals surface area (Å²) in [6.07, 6.45) is 4.53. The number of nitrogens with zero attached hydrogens (tertiary/aromatic N) is 5. The van der Waals surface area contributed by atoms with Crippen LogP contribution in [0.3, 0.4) is 0 Å². The monoisotopic (exact) mass is 470 g/mol. The van der Waals surface area contributed by atoms with Gasteiger partial charge in [-0.05, 0) is 56.4 Å². The van der Waals surface area contributed by atoms with E-state index in [0.29, 0.717) is 44.7 Å². The lowest BCUT2D eigenvalue weighted by Gasteiger charge is -2.35. The molecule has 0 atom stereocenters. The first-order valence-corrected chi connectivity index (χ1v) is 13.1. The van der Waals surface area contributed by atoms with Crippen molar-refractivity contribution in [2.24, 2.45) is 0 Å². The zero-order chi connectivity index (χ0) is 23.0. The number of amides is 1. The SMILES string of the molecule is Cc1cc(N2CCN(S(=O)(=O)c3ccc4c(c3)CCC(=O)N4)CC2)nc(N2CCCCC2)n1. The van der Waals surface area contributed by atoms with Gasteiger partial charge in [0.1, 0.15) is 5.82 Å². The van der Waals surface area contributed by atoms with Gasteiger partial charge in [0.15, 0.2) is 0 Å². The molecule has 2 saturated heterocycles. The van der Waals surface area contributed by atoms with Crippen LogP contribution in [0.15, 0.2) is 29.2 Å². The van der Waals surface area contributed by atoms with Crippen LogP contribution in [0.25, 0.3) is 0 Å². The zero-order valence-electron chi connectivity index (χ0n) is 19.0. The molecule has 2 fully saturated rings. The van der Waals surface area contributed by atoms with Crippen LogP contribution in [0.5, 0.6) is 0 Å². The summed E-state index contributed by atoms with van der Waals surface area (Å²) in [6.45, 7) is 5.92. The average molecular weight is 471 g/mol. The molecule has 4 heterocycles. The summed E-state index contributed by atoms with van der Waals surface area (Å²) in [6, 6.07) is 6.97. The molecule has 1 aromatic carbocycles. The second-order valence-electron chi connectivity index (χ2n) is 8.97. The highest BCUT2D eigenvalue weighted by molar-refractivity contribution is 7.89. The van der Waals surface area contributed by atoms with Crippen LogP contribution in [-0.2, 0) is 21.2 Å². The number of benzene rings is 1. The number of aromatic nitrogens is 2. The highest BCUT2D eigenvalue weighted by Crippen LogP contribution is 2.28. The van der Waals surface area contributed by atoms with Gasteiger partial charge in [0.25, 0.3) is 0 Å². The second-order valence-corrected chi connectivity index (χ2v) is 10.9. The van der Waals surface area contributed by atoms with E-state index in [4.69, 9.17) is 4.98 Å². The molecule has 0 spiro atoms. The maximum absolute atomic E-state index is 13.3. The van der Waals surface area contributed by atoms with Crippen LogP contribution in [0, 0.1) is 6.92 Å². The molecule has 1 aromatic heterocycles. The van der Waals surface area contributed by atoms with E-state index in [-0.39, 0.29) is 10.8 Å². The molecule has 0 saturated carbocycles. The van der Waals surface area contributed by atoms with Gasteiger partial charge in [-0.15, -0.1) is 0 Å².